The van der Waals surface area contributed by atoms with Gasteiger partial charge in [0.2, 0.25) is 0 Å². The Kier molecular flexibility index (Phi) is 6.78. The van der Waals surface area contributed by atoms with Gasteiger partial charge in [-0.3, -0.25) is 9.59 Å². The molecule has 0 saturated carbocycles. The van der Waals surface area contributed by atoms with Gasteiger partial charge < -0.3 is 14.6 Å². The number of rotatable bonds is 6. The van der Waals surface area contributed by atoms with Crippen molar-refractivity contribution >= 4 is 35.1 Å². The van der Waals surface area contributed by atoms with E-state index < -0.39 is 17.9 Å². The van der Waals surface area contributed by atoms with Crippen molar-refractivity contribution in [2.45, 2.75) is 20.3 Å². The van der Waals surface area contributed by atoms with Gasteiger partial charge in [-0.25, -0.2) is 0 Å². The first-order chi connectivity index (χ1) is 9.90. The highest BCUT2D eigenvalue weighted by molar-refractivity contribution is 6.37. The zero-order chi connectivity index (χ0) is 16.0. The first kappa shape index (κ1) is 17.6. The van der Waals surface area contributed by atoms with Crippen LogP contribution in [0, 0.1) is 5.92 Å². The Labute approximate surface area is 132 Å². The molecule has 0 saturated heterocycles. The first-order valence-electron chi connectivity index (χ1n) is 6.40. The Balaban J connectivity index is 3.00. The lowest BCUT2D eigenvalue weighted by Gasteiger charge is -2.15. The van der Waals surface area contributed by atoms with E-state index in [-0.39, 0.29) is 35.4 Å². The van der Waals surface area contributed by atoms with Crippen LogP contribution in [0.25, 0.3) is 0 Å². The Bertz CT molecular complexity index is 489. The maximum absolute atomic E-state index is 11.9. The Morgan fingerprint density at radius 2 is 1.52 bits per heavy atom. The summed E-state index contributed by atoms with van der Waals surface area (Å²) in [6.45, 7) is 3.61. The molecule has 0 bridgehead atoms. The molecule has 116 valence electrons. The van der Waals surface area contributed by atoms with E-state index in [9.17, 15) is 14.7 Å². The average Bonchev–Trinajstić information content (AvgIpc) is 2.42. The van der Waals surface area contributed by atoms with Crippen molar-refractivity contribution < 1.29 is 24.2 Å². The standard InChI is InChI=1S/C14H16Cl2O5/c1-3-20-13(18)9(14(19)21-4-2)5-8-6-10(15)12(17)11(16)7-8/h6-7,9,17H,3-5H2,1-2H3. The third-order valence-corrected chi connectivity index (χ3v) is 3.23. The molecule has 0 fully saturated rings. The van der Waals surface area contributed by atoms with Gasteiger partial charge in [-0.1, -0.05) is 23.2 Å². The summed E-state index contributed by atoms with van der Waals surface area (Å²) in [7, 11) is 0. The minimum atomic E-state index is -1.10. The SMILES string of the molecule is CCOC(=O)C(Cc1cc(Cl)c(O)c(Cl)c1)C(=O)OCC. The van der Waals surface area contributed by atoms with Crippen molar-refractivity contribution in [3.63, 3.8) is 0 Å². The van der Waals surface area contributed by atoms with Crippen molar-refractivity contribution in [2.24, 2.45) is 5.92 Å². The second-order valence-corrected chi connectivity index (χ2v) is 4.98. The second kappa shape index (κ2) is 8.10. The lowest BCUT2D eigenvalue weighted by atomic mass is 9.99. The summed E-state index contributed by atoms with van der Waals surface area (Å²) in [4.78, 5) is 23.7. The lowest BCUT2D eigenvalue weighted by Crippen LogP contribution is -2.30. The molecule has 21 heavy (non-hydrogen) atoms. The molecule has 0 atom stereocenters. The van der Waals surface area contributed by atoms with Gasteiger partial charge in [0.15, 0.2) is 11.7 Å². The predicted octanol–water partition coefficient (Wildman–Crippen LogP) is 2.98. The number of aromatic hydroxyl groups is 1. The van der Waals surface area contributed by atoms with E-state index in [0.717, 1.165) is 0 Å². The molecule has 0 aromatic heterocycles. The number of phenolic OH excluding ortho intramolecular Hbond substituents is 1. The number of halogens is 2. The zero-order valence-corrected chi connectivity index (χ0v) is 13.2. The topological polar surface area (TPSA) is 72.8 Å². The molecule has 0 aliphatic heterocycles. The number of benzene rings is 1. The van der Waals surface area contributed by atoms with Crippen LogP contribution in [0.15, 0.2) is 12.1 Å². The van der Waals surface area contributed by atoms with Gasteiger partial charge in [0.25, 0.3) is 0 Å². The molecule has 0 amide bonds. The van der Waals surface area contributed by atoms with Crippen LogP contribution < -0.4 is 0 Å². The molecule has 1 rings (SSSR count). The molecular formula is C14H16Cl2O5. The van der Waals surface area contributed by atoms with Gasteiger partial charge in [0.05, 0.1) is 23.3 Å². The molecule has 0 aliphatic carbocycles. The summed E-state index contributed by atoms with van der Waals surface area (Å²) in [5.74, 6) is -2.68. The minimum absolute atomic E-state index is 0.0252. The fraction of sp³-hybridized carbons (Fsp3) is 0.429. The highest BCUT2D eigenvalue weighted by Crippen LogP contribution is 2.33. The van der Waals surface area contributed by atoms with Crippen LogP contribution in [0.5, 0.6) is 5.75 Å². The fourth-order valence-corrected chi connectivity index (χ4v) is 2.25. The molecule has 7 heteroatoms. The molecule has 5 nitrogen and oxygen atoms in total. The number of carbonyl (C=O) groups is 2. The van der Waals surface area contributed by atoms with Gasteiger partial charge in [0.1, 0.15) is 0 Å². The lowest BCUT2D eigenvalue weighted by molar-refractivity contribution is -0.161. The number of esters is 2. The third-order valence-electron chi connectivity index (χ3n) is 2.66. The summed E-state index contributed by atoms with van der Waals surface area (Å²) in [6, 6.07) is 2.88. The normalized spacial score (nSPS) is 10.5. The molecular weight excluding hydrogens is 319 g/mol. The van der Waals surface area contributed by atoms with Gasteiger partial charge in [-0.05, 0) is 38.0 Å². The maximum atomic E-state index is 11.9. The Morgan fingerprint density at radius 3 is 1.90 bits per heavy atom. The van der Waals surface area contributed by atoms with E-state index in [1.54, 1.807) is 13.8 Å². The van der Waals surface area contributed by atoms with Crippen LogP contribution in [0.4, 0.5) is 0 Å². The van der Waals surface area contributed by atoms with Gasteiger partial charge in [-0.2, -0.15) is 0 Å². The van der Waals surface area contributed by atoms with Gasteiger partial charge >= 0.3 is 11.9 Å². The summed E-state index contributed by atoms with van der Waals surface area (Å²) in [6.07, 6.45) is 0.0252. The fourth-order valence-electron chi connectivity index (χ4n) is 1.72. The van der Waals surface area contributed by atoms with Crippen molar-refractivity contribution in [1.29, 1.82) is 0 Å². The van der Waals surface area contributed by atoms with Crippen LogP contribution in [0.1, 0.15) is 19.4 Å². The van der Waals surface area contributed by atoms with Crippen LogP contribution >= 0.6 is 23.2 Å². The Morgan fingerprint density at radius 1 is 1.10 bits per heavy atom. The van der Waals surface area contributed by atoms with Crippen LogP contribution in [-0.2, 0) is 25.5 Å². The molecule has 0 unspecified atom stereocenters. The van der Waals surface area contributed by atoms with E-state index in [0.29, 0.717) is 5.56 Å². The third kappa shape index (κ3) is 4.79. The first-order valence-corrected chi connectivity index (χ1v) is 7.16. The van der Waals surface area contributed by atoms with Gasteiger partial charge in [-0.15, -0.1) is 0 Å². The summed E-state index contributed by atoms with van der Waals surface area (Å²) in [5.41, 5.74) is 0.522. The Hall–Kier alpha value is -1.46. The quantitative estimate of drug-likeness (QED) is 0.639. The molecule has 1 N–H and O–H groups in total. The number of hydrogen-bond acceptors (Lipinski definition) is 5. The highest BCUT2D eigenvalue weighted by Gasteiger charge is 2.30. The number of ether oxygens (including phenoxy) is 2. The van der Waals surface area contributed by atoms with Crippen LogP contribution in [-0.4, -0.2) is 30.3 Å². The van der Waals surface area contributed by atoms with E-state index in [1.807, 2.05) is 0 Å². The predicted molar refractivity (Wildman–Crippen MR) is 78.6 cm³/mol. The minimum Gasteiger partial charge on any atom is -0.505 e. The highest BCUT2D eigenvalue weighted by atomic mass is 35.5. The average molecular weight is 335 g/mol. The van der Waals surface area contributed by atoms with Crippen molar-refractivity contribution in [3.05, 3.63) is 27.7 Å². The molecule has 1 aromatic carbocycles. The van der Waals surface area contributed by atoms with Crippen molar-refractivity contribution in [2.75, 3.05) is 13.2 Å². The summed E-state index contributed by atoms with van der Waals surface area (Å²) >= 11 is 11.6. The van der Waals surface area contributed by atoms with Crippen LogP contribution in [0.3, 0.4) is 0 Å². The number of phenols is 1. The molecule has 0 heterocycles. The number of hydrogen-bond donors (Lipinski definition) is 1. The van der Waals surface area contributed by atoms with E-state index in [4.69, 9.17) is 32.7 Å². The van der Waals surface area contributed by atoms with Crippen molar-refractivity contribution in [3.8, 4) is 5.75 Å². The molecule has 1 aromatic rings. The molecule has 0 aliphatic rings. The summed E-state index contributed by atoms with van der Waals surface area (Å²) < 4.78 is 9.75. The number of carbonyl (C=O) groups excluding carboxylic acids is 2. The zero-order valence-electron chi connectivity index (χ0n) is 11.7. The van der Waals surface area contributed by atoms with Crippen molar-refractivity contribution in [1.82, 2.24) is 0 Å². The van der Waals surface area contributed by atoms with Gasteiger partial charge in [0, 0.05) is 0 Å². The second-order valence-electron chi connectivity index (χ2n) is 4.17. The monoisotopic (exact) mass is 334 g/mol. The molecule has 0 spiro atoms. The summed E-state index contributed by atoms with van der Waals surface area (Å²) in [5, 5.41) is 9.60. The van der Waals surface area contributed by atoms with E-state index in [2.05, 4.69) is 0 Å². The molecule has 0 radical (unpaired) electrons. The maximum Gasteiger partial charge on any atom is 0.320 e. The smallest absolute Gasteiger partial charge is 0.320 e. The van der Waals surface area contributed by atoms with E-state index in [1.165, 1.54) is 12.1 Å². The van der Waals surface area contributed by atoms with Crippen LogP contribution in [0.2, 0.25) is 10.0 Å². The largest absolute Gasteiger partial charge is 0.505 e. The van der Waals surface area contributed by atoms with E-state index >= 15 is 0 Å².